The molecule has 1 atom stereocenters. The number of thioether (sulfide) groups is 1. The predicted octanol–water partition coefficient (Wildman–Crippen LogP) is 3.12. The molecule has 1 saturated heterocycles. The summed E-state index contributed by atoms with van der Waals surface area (Å²) in [5.41, 5.74) is -0.404. The van der Waals surface area contributed by atoms with E-state index in [9.17, 15) is 4.79 Å². The van der Waals surface area contributed by atoms with Crippen LogP contribution in [-0.4, -0.2) is 53.8 Å². The second-order valence-corrected chi connectivity index (χ2v) is 7.58. The first-order chi connectivity index (χ1) is 9.31. The van der Waals surface area contributed by atoms with Crippen molar-refractivity contribution in [3.8, 4) is 0 Å². The van der Waals surface area contributed by atoms with E-state index in [4.69, 9.17) is 4.74 Å². The Hall–Kier alpha value is -0.420. The van der Waals surface area contributed by atoms with E-state index in [0.29, 0.717) is 12.1 Å². The summed E-state index contributed by atoms with van der Waals surface area (Å²) in [6, 6.07) is 1.09. The number of rotatable bonds is 5. The first-order valence-corrected chi connectivity index (χ1v) is 8.94. The first kappa shape index (κ1) is 17.6. The Bertz CT molecular complexity index is 297. The Labute approximate surface area is 128 Å². The van der Waals surface area contributed by atoms with E-state index < -0.39 is 5.60 Å². The molecule has 1 fully saturated rings. The summed E-state index contributed by atoms with van der Waals surface area (Å²) < 4.78 is 5.41. The smallest absolute Gasteiger partial charge is 0.410 e. The summed E-state index contributed by atoms with van der Waals surface area (Å²) in [4.78, 5) is 13.8. The minimum Gasteiger partial charge on any atom is -0.444 e. The molecule has 4 nitrogen and oxygen atoms in total. The Balaban J connectivity index is 2.27. The van der Waals surface area contributed by atoms with Gasteiger partial charge in [0.2, 0.25) is 0 Å². The topological polar surface area (TPSA) is 41.6 Å². The van der Waals surface area contributed by atoms with E-state index in [1.165, 1.54) is 12.2 Å². The fraction of sp³-hybridized carbons (Fsp3) is 0.933. The number of likely N-dealkylation sites (tertiary alicyclic amines) is 1. The van der Waals surface area contributed by atoms with E-state index in [2.05, 4.69) is 18.5 Å². The first-order valence-electron chi connectivity index (χ1n) is 7.54. The molecule has 0 bridgehead atoms. The number of amides is 1. The molecule has 0 aromatic heterocycles. The van der Waals surface area contributed by atoms with Crippen molar-refractivity contribution >= 4 is 17.9 Å². The average molecular weight is 302 g/mol. The van der Waals surface area contributed by atoms with Crippen molar-refractivity contribution in [3.05, 3.63) is 0 Å². The van der Waals surface area contributed by atoms with Crippen molar-refractivity contribution in [1.82, 2.24) is 10.2 Å². The van der Waals surface area contributed by atoms with Crippen LogP contribution in [0.2, 0.25) is 0 Å². The van der Waals surface area contributed by atoms with Gasteiger partial charge in [-0.2, -0.15) is 11.8 Å². The van der Waals surface area contributed by atoms with Gasteiger partial charge in [0.05, 0.1) is 0 Å². The van der Waals surface area contributed by atoms with Crippen molar-refractivity contribution in [3.63, 3.8) is 0 Å². The number of hydrogen-bond donors (Lipinski definition) is 1. The van der Waals surface area contributed by atoms with Gasteiger partial charge in [0.1, 0.15) is 5.60 Å². The van der Waals surface area contributed by atoms with Gasteiger partial charge in [-0.1, -0.05) is 0 Å². The minimum absolute atomic E-state index is 0.175. The molecule has 0 aromatic carbocycles. The molecule has 1 rings (SSSR count). The monoisotopic (exact) mass is 302 g/mol. The zero-order valence-corrected chi connectivity index (χ0v) is 14.4. The number of piperidine rings is 1. The van der Waals surface area contributed by atoms with Crippen molar-refractivity contribution in [2.45, 2.75) is 64.6 Å². The highest BCUT2D eigenvalue weighted by Gasteiger charge is 2.27. The molecule has 1 amide bonds. The SMILES string of the molecule is CSCCC(C)NC1CCN(C(=O)OC(C)(C)C)CC1. The van der Waals surface area contributed by atoms with Gasteiger partial charge >= 0.3 is 6.09 Å². The lowest BCUT2D eigenvalue weighted by atomic mass is 10.0. The lowest BCUT2D eigenvalue weighted by Crippen LogP contribution is -2.48. The van der Waals surface area contributed by atoms with Crippen molar-refractivity contribution in [2.24, 2.45) is 0 Å². The van der Waals surface area contributed by atoms with Crippen LogP contribution in [0.4, 0.5) is 4.79 Å². The van der Waals surface area contributed by atoms with Crippen LogP contribution in [0.15, 0.2) is 0 Å². The molecule has 1 aliphatic rings. The average Bonchev–Trinajstić information content (AvgIpc) is 2.35. The van der Waals surface area contributed by atoms with Gasteiger partial charge in [0, 0.05) is 25.2 Å². The van der Waals surface area contributed by atoms with E-state index in [-0.39, 0.29) is 6.09 Å². The highest BCUT2D eigenvalue weighted by molar-refractivity contribution is 7.98. The highest BCUT2D eigenvalue weighted by Crippen LogP contribution is 2.16. The summed E-state index contributed by atoms with van der Waals surface area (Å²) in [6.45, 7) is 9.56. The van der Waals surface area contributed by atoms with Gasteiger partial charge in [0.25, 0.3) is 0 Å². The summed E-state index contributed by atoms with van der Waals surface area (Å²) in [7, 11) is 0. The van der Waals surface area contributed by atoms with Gasteiger partial charge in [-0.05, 0) is 59.0 Å². The maximum absolute atomic E-state index is 12.0. The quantitative estimate of drug-likeness (QED) is 0.847. The molecule has 0 saturated carbocycles. The molecule has 0 spiro atoms. The maximum atomic E-state index is 12.0. The molecule has 1 unspecified atom stereocenters. The lowest BCUT2D eigenvalue weighted by Gasteiger charge is -2.35. The van der Waals surface area contributed by atoms with E-state index in [1.807, 2.05) is 37.4 Å². The molecule has 1 heterocycles. The second-order valence-electron chi connectivity index (χ2n) is 6.59. The predicted molar refractivity (Wildman–Crippen MR) is 86.4 cm³/mol. The standard InChI is InChI=1S/C15H30N2O2S/c1-12(8-11-20-5)16-13-6-9-17(10-7-13)14(18)19-15(2,3)4/h12-13,16H,6-11H2,1-5H3. The summed E-state index contributed by atoms with van der Waals surface area (Å²) >= 11 is 1.89. The van der Waals surface area contributed by atoms with Crippen LogP contribution in [0.3, 0.4) is 0 Å². The molecule has 0 aliphatic carbocycles. The van der Waals surface area contributed by atoms with Crippen LogP contribution in [0.5, 0.6) is 0 Å². The third kappa shape index (κ3) is 6.84. The van der Waals surface area contributed by atoms with Gasteiger partial charge in [-0.3, -0.25) is 0 Å². The van der Waals surface area contributed by atoms with Crippen LogP contribution in [0, 0.1) is 0 Å². The molecule has 0 radical (unpaired) electrons. The molecule has 5 heteroatoms. The number of nitrogens with zero attached hydrogens (tertiary/aromatic N) is 1. The van der Waals surface area contributed by atoms with Gasteiger partial charge in [-0.25, -0.2) is 4.79 Å². The third-order valence-electron chi connectivity index (χ3n) is 3.42. The van der Waals surface area contributed by atoms with E-state index in [0.717, 1.165) is 25.9 Å². The lowest BCUT2D eigenvalue weighted by molar-refractivity contribution is 0.0196. The summed E-state index contributed by atoms with van der Waals surface area (Å²) in [5.74, 6) is 1.20. The normalized spacial score (nSPS) is 18.9. The van der Waals surface area contributed by atoms with Crippen LogP contribution >= 0.6 is 11.8 Å². The number of hydrogen-bond acceptors (Lipinski definition) is 4. The number of carbonyl (C=O) groups excluding carboxylic acids is 1. The zero-order chi connectivity index (χ0) is 15.2. The number of nitrogens with one attached hydrogen (secondary N) is 1. The molecular formula is C15H30N2O2S. The zero-order valence-electron chi connectivity index (χ0n) is 13.6. The Morgan fingerprint density at radius 2 is 2.00 bits per heavy atom. The Morgan fingerprint density at radius 3 is 2.50 bits per heavy atom. The van der Waals surface area contributed by atoms with Crippen molar-refractivity contribution in [2.75, 3.05) is 25.1 Å². The second kappa shape index (κ2) is 8.13. The fourth-order valence-electron chi connectivity index (χ4n) is 2.34. The van der Waals surface area contributed by atoms with Gasteiger partial charge in [0.15, 0.2) is 0 Å². The van der Waals surface area contributed by atoms with Crippen LogP contribution in [-0.2, 0) is 4.74 Å². The minimum atomic E-state index is -0.404. The van der Waals surface area contributed by atoms with Crippen molar-refractivity contribution in [1.29, 1.82) is 0 Å². The fourth-order valence-corrected chi connectivity index (χ4v) is 2.92. The van der Waals surface area contributed by atoms with E-state index in [1.54, 1.807) is 0 Å². The Kier molecular flexibility index (Phi) is 7.17. The molecular weight excluding hydrogens is 272 g/mol. The van der Waals surface area contributed by atoms with E-state index >= 15 is 0 Å². The molecule has 1 N–H and O–H groups in total. The summed E-state index contributed by atoms with van der Waals surface area (Å²) in [6.07, 6.45) is 5.21. The van der Waals surface area contributed by atoms with Crippen LogP contribution < -0.4 is 5.32 Å². The highest BCUT2D eigenvalue weighted by atomic mass is 32.2. The van der Waals surface area contributed by atoms with Gasteiger partial charge in [-0.15, -0.1) is 0 Å². The molecule has 20 heavy (non-hydrogen) atoms. The van der Waals surface area contributed by atoms with Gasteiger partial charge < -0.3 is 15.0 Å². The molecule has 118 valence electrons. The largest absolute Gasteiger partial charge is 0.444 e. The van der Waals surface area contributed by atoms with Crippen LogP contribution in [0.1, 0.15) is 47.0 Å². The molecule has 1 aliphatic heterocycles. The Morgan fingerprint density at radius 1 is 1.40 bits per heavy atom. The number of carbonyl (C=O) groups is 1. The molecule has 0 aromatic rings. The third-order valence-corrected chi connectivity index (χ3v) is 4.07. The number of ether oxygens (including phenoxy) is 1. The maximum Gasteiger partial charge on any atom is 0.410 e. The van der Waals surface area contributed by atoms with Crippen molar-refractivity contribution < 1.29 is 9.53 Å². The summed E-state index contributed by atoms with van der Waals surface area (Å²) in [5, 5.41) is 3.67. The van der Waals surface area contributed by atoms with Crippen LogP contribution in [0.25, 0.3) is 0 Å².